The molecular weight excluding hydrogens is 632 g/mol. The van der Waals surface area contributed by atoms with Crippen LogP contribution in [-0.4, -0.2) is 32.2 Å². The number of nitrogens with zero attached hydrogens (tertiary/aromatic N) is 3. The van der Waals surface area contributed by atoms with Gasteiger partial charge in [-0.25, -0.2) is 18.9 Å². The van der Waals surface area contributed by atoms with Gasteiger partial charge in [-0.3, -0.25) is 4.79 Å². The summed E-state index contributed by atoms with van der Waals surface area (Å²) >= 11 is 0. The van der Waals surface area contributed by atoms with Crippen LogP contribution < -0.4 is 10.1 Å². The molecule has 0 saturated heterocycles. The monoisotopic (exact) mass is 664 g/mol. The number of carbonyl (C=O) groups is 2. The second kappa shape index (κ2) is 12.4. The summed E-state index contributed by atoms with van der Waals surface area (Å²) in [5.74, 6) is -0.929. The molecule has 1 atom stereocenters. The fourth-order valence-electron chi connectivity index (χ4n) is 5.65. The van der Waals surface area contributed by atoms with Crippen molar-refractivity contribution < 1.29 is 41.0 Å². The molecule has 9 nitrogen and oxygen atoms in total. The van der Waals surface area contributed by atoms with E-state index in [9.17, 15) is 27.2 Å². The lowest BCUT2D eigenvalue weighted by molar-refractivity contribution is -0.142. The summed E-state index contributed by atoms with van der Waals surface area (Å²) in [6, 6.07) is 14.9. The van der Waals surface area contributed by atoms with E-state index in [0.717, 1.165) is 0 Å². The van der Waals surface area contributed by atoms with Crippen molar-refractivity contribution in [2.24, 2.45) is 0 Å². The van der Waals surface area contributed by atoms with Gasteiger partial charge in [-0.2, -0.15) is 18.3 Å². The van der Waals surface area contributed by atoms with Crippen molar-refractivity contribution in [3.8, 4) is 11.4 Å². The minimum absolute atomic E-state index is 0.0208. The van der Waals surface area contributed by atoms with Crippen LogP contribution >= 0.6 is 0 Å². The number of halogens is 4. The maximum Gasteiger partial charge on any atom is 0.435 e. The summed E-state index contributed by atoms with van der Waals surface area (Å²) in [6.45, 7) is 6.74. The molecule has 0 saturated carbocycles. The first kappa shape index (κ1) is 32.7. The van der Waals surface area contributed by atoms with Crippen LogP contribution in [0.1, 0.15) is 88.8 Å². The Morgan fingerprint density at radius 3 is 2.50 bits per heavy atom. The zero-order valence-corrected chi connectivity index (χ0v) is 26.6. The summed E-state index contributed by atoms with van der Waals surface area (Å²) in [5, 5.41) is 6.64. The lowest BCUT2D eigenvalue weighted by Gasteiger charge is -2.26. The molecule has 0 spiro atoms. The molecule has 0 aliphatic heterocycles. The van der Waals surface area contributed by atoms with Gasteiger partial charge in [0, 0.05) is 36.2 Å². The van der Waals surface area contributed by atoms with Gasteiger partial charge in [0.05, 0.1) is 16.9 Å². The van der Waals surface area contributed by atoms with Gasteiger partial charge in [-0.1, -0.05) is 6.07 Å². The third-order valence-electron chi connectivity index (χ3n) is 7.71. The summed E-state index contributed by atoms with van der Waals surface area (Å²) in [4.78, 5) is 29.7. The number of aromatic nitrogens is 3. The molecule has 250 valence electrons. The quantitative estimate of drug-likeness (QED) is 0.140. The highest BCUT2D eigenvalue weighted by Crippen LogP contribution is 2.42. The first-order valence-electron chi connectivity index (χ1n) is 15.3. The molecule has 1 amide bonds. The van der Waals surface area contributed by atoms with Crippen molar-refractivity contribution >= 4 is 23.0 Å². The fourth-order valence-corrected chi connectivity index (χ4v) is 5.65. The topological polar surface area (TPSA) is 108 Å². The van der Waals surface area contributed by atoms with Gasteiger partial charge < -0.3 is 19.2 Å². The number of aryl methyl sites for hydroxylation is 1. The van der Waals surface area contributed by atoms with E-state index in [1.807, 2.05) is 0 Å². The zero-order valence-electron chi connectivity index (χ0n) is 26.6. The second-order valence-corrected chi connectivity index (χ2v) is 12.5. The van der Waals surface area contributed by atoms with Gasteiger partial charge in [-0.15, -0.1) is 0 Å². The molecule has 1 aliphatic carbocycles. The molecule has 0 fully saturated rings. The SMILES string of the molecule is Cc1nc2cc(F)c(CNC(=O)c3cccc(-n4nc(C(F)(F)F)c5c4C(Oc4ccc(C(=O)OC(C)(C)C)cc4)CCC5)c3)cc2o1. The number of esters is 1. The number of carbonyl (C=O) groups excluding carboxylic acids is 2. The van der Waals surface area contributed by atoms with E-state index in [2.05, 4.69) is 15.4 Å². The largest absolute Gasteiger partial charge is 0.484 e. The Bertz CT molecular complexity index is 2010. The minimum atomic E-state index is -4.73. The van der Waals surface area contributed by atoms with Crippen LogP contribution in [0.5, 0.6) is 5.75 Å². The summed E-state index contributed by atoms with van der Waals surface area (Å²) < 4.78 is 75.6. The van der Waals surface area contributed by atoms with Crippen LogP contribution in [-0.2, 0) is 23.9 Å². The van der Waals surface area contributed by atoms with Gasteiger partial charge in [0.25, 0.3) is 5.91 Å². The fraction of sp³-hybridized carbons (Fsp3) is 0.314. The summed E-state index contributed by atoms with van der Waals surface area (Å²) in [6.07, 6.45) is -4.55. The van der Waals surface area contributed by atoms with Crippen LogP contribution in [0.25, 0.3) is 16.8 Å². The molecule has 1 aliphatic rings. The minimum Gasteiger partial charge on any atom is -0.484 e. The standard InChI is InChI=1S/C35H32F4N4O5/c1-19-41-27-17-26(36)22(16-29(27)46-19)18-40-32(44)21-7-5-8-23(15-21)43-30-25(31(42-43)35(37,38)39)9-6-10-28(30)47-24-13-11-20(12-14-24)33(45)48-34(2,3)4/h5,7-8,11-17,28H,6,9-10,18H2,1-4H3,(H,40,44). The van der Waals surface area contributed by atoms with E-state index in [-0.39, 0.29) is 41.0 Å². The number of oxazole rings is 1. The third-order valence-corrected chi connectivity index (χ3v) is 7.71. The molecule has 0 bridgehead atoms. The Kier molecular flexibility index (Phi) is 8.48. The molecule has 13 heteroatoms. The van der Waals surface area contributed by atoms with Gasteiger partial charge >= 0.3 is 12.1 Å². The maximum absolute atomic E-state index is 14.7. The Morgan fingerprint density at radius 2 is 1.79 bits per heavy atom. The van der Waals surface area contributed by atoms with Crippen LogP contribution in [0, 0.1) is 12.7 Å². The van der Waals surface area contributed by atoms with Crippen molar-refractivity contribution in [2.45, 2.75) is 71.4 Å². The van der Waals surface area contributed by atoms with Crippen molar-refractivity contribution in [2.75, 3.05) is 0 Å². The van der Waals surface area contributed by atoms with E-state index in [4.69, 9.17) is 13.9 Å². The van der Waals surface area contributed by atoms with Gasteiger partial charge in [0.15, 0.2) is 17.2 Å². The lowest BCUT2D eigenvalue weighted by atomic mass is 9.92. The predicted molar refractivity (Wildman–Crippen MR) is 166 cm³/mol. The number of rotatable bonds is 7. The van der Waals surface area contributed by atoms with Crippen molar-refractivity contribution in [3.05, 3.63) is 106 Å². The highest BCUT2D eigenvalue weighted by Gasteiger charge is 2.42. The number of alkyl halides is 3. The third kappa shape index (κ3) is 6.90. The smallest absolute Gasteiger partial charge is 0.435 e. The molecule has 6 rings (SSSR count). The number of hydrogen-bond acceptors (Lipinski definition) is 7. The van der Waals surface area contributed by atoms with E-state index in [0.29, 0.717) is 41.1 Å². The zero-order chi connectivity index (χ0) is 34.4. The van der Waals surface area contributed by atoms with Gasteiger partial charge in [-0.05, 0) is 88.6 Å². The normalized spacial score (nSPS) is 14.9. The van der Waals surface area contributed by atoms with Crippen LogP contribution in [0.3, 0.4) is 0 Å². The number of ether oxygens (including phenoxy) is 2. The summed E-state index contributed by atoms with van der Waals surface area (Å²) in [5.41, 5.74) is 0.108. The Hall–Kier alpha value is -5.20. The van der Waals surface area contributed by atoms with Gasteiger partial charge in [0.2, 0.25) is 0 Å². The Balaban J connectivity index is 1.27. The Morgan fingerprint density at radius 1 is 1.04 bits per heavy atom. The molecule has 1 unspecified atom stereocenters. The second-order valence-electron chi connectivity index (χ2n) is 12.5. The average Bonchev–Trinajstić information content (AvgIpc) is 3.59. The van der Waals surface area contributed by atoms with Crippen LogP contribution in [0.2, 0.25) is 0 Å². The highest BCUT2D eigenvalue weighted by molar-refractivity contribution is 5.94. The van der Waals surface area contributed by atoms with Gasteiger partial charge in [0.1, 0.15) is 28.8 Å². The van der Waals surface area contributed by atoms with E-state index >= 15 is 0 Å². The first-order chi connectivity index (χ1) is 22.7. The number of hydrogen-bond donors (Lipinski definition) is 1. The van der Waals surface area contributed by atoms with Crippen molar-refractivity contribution in [3.63, 3.8) is 0 Å². The Labute approximate surface area is 272 Å². The highest BCUT2D eigenvalue weighted by atomic mass is 19.4. The van der Waals surface area contributed by atoms with E-state index < -0.39 is 41.3 Å². The van der Waals surface area contributed by atoms with E-state index in [1.54, 1.807) is 45.9 Å². The van der Waals surface area contributed by atoms with Crippen LogP contribution in [0.4, 0.5) is 17.6 Å². The molecular formula is C35H32F4N4O5. The first-order valence-corrected chi connectivity index (χ1v) is 15.3. The maximum atomic E-state index is 14.7. The number of nitrogens with one attached hydrogen (secondary N) is 1. The number of fused-ring (bicyclic) bond motifs is 2. The number of amides is 1. The van der Waals surface area contributed by atoms with Crippen molar-refractivity contribution in [1.82, 2.24) is 20.1 Å². The predicted octanol–water partition coefficient (Wildman–Crippen LogP) is 7.82. The van der Waals surface area contributed by atoms with Crippen molar-refractivity contribution in [1.29, 1.82) is 0 Å². The summed E-state index contributed by atoms with van der Waals surface area (Å²) in [7, 11) is 0. The number of benzene rings is 3. The molecule has 48 heavy (non-hydrogen) atoms. The van der Waals surface area contributed by atoms with Crippen LogP contribution in [0.15, 0.2) is 65.1 Å². The molecule has 1 N–H and O–H groups in total. The van der Waals surface area contributed by atoms with E-state index in [1.165, 1.54) is 47.1 Å². The molecule has 2 aromatic heterocycles. The molecule has 5 aromatic rings. The average molecular weight is 665 g/mol. The molecule has 3 aromatic carbocycles. The lowest BCUT2D eigenvalue weighted by Crippen LogP contribution is -2.24. The molecule has 0 radical (unpaired) electrons. The molecule has 2 heterocycles.